The third kappa shape index (κ3) is 3.27. The molecule has 0 heterocycles. The van der Waals surface area contributed by atoms with E-state index >= 15 is 0 Å². The van der Waals surface area contributed by atoms with Crippen LogP contribution < -0.4 is 5.30 Å². The van der Waals surface area contributed by atoms with Crippen molar-refractivity contribution in [2.45, 2.75) is 0 Å². The van der Waals surface area contributed by atoms with Gasteiger partial charge in [0.15, 0.2) is 0 Å². The Hall–Kier alpha value is -1.95. The second kappa shape index (κ2) is 6.87. The summed E-state index contributed by atoms with van der Waals surface area (Å²) in [5, 5.41) is 1.39. The molecule has 1 unspecified atom stereocenters. The Balaban J connectivity index is 2.22. The zero-order valence-electron chi connectivity index (χ0n) is 13.0. The molecule has 0 aliphatic carbocycles. The number of benzene rings is 3. The summed E-state index contributed by atoms with van der Waals surface area (Å²) in [6.45, 7) is 0. The first kappa shape index (κ1) is 15.0. The van der Waals surface area contributed by atoms with Crippen LogP contribution in [0.1, 0.15) is 0 Å². The lowest BCUT2D eigenvalue weighted by molar-refractivity contribution is 0.697. The first-order chi connectivity index (χ1) is 10.8. The maximum Gasteiger partial charge on any atom is -0.00181 e. The van der Waals surface area contributed by atoms with Gasteiger partial charge in [-0.2, -0.15) is 0 Å². The van der Waals surface area contributed by atoms with Crippen molar-refractivity contribution in [2.75, 3.05) is 14.1 Å². The molecule has 110 valence electrons. The largest absolute Gasteiger partial charge is 0.287 e. The van der Waals surface area contributed by atoms with Crippen LogP contribution >= 0.6 is 8.73 Å². The van der Waals surface area contributed by atoms with Gasteiger partial charge in [0.05, 0.1) is 0 Å². The molecular weight excluding hydrogens is 285 g/mol. The molecule has 0 aliphatic rings. The van der Waals surface area contributed by atoms with E-state index in [0.29, 0.717) is 8.73 Å². The Morgan fingerprint density at radius 3 is 1.82 bits per heavy atom. The Labute approximate surface area is 134 Å². The van der Waals surface area contributed by atoms with Gasteiger partial charge in [0.2, 0.25) is 0 Å². The van der Waals surface area contributed by atoms with Crippen LogP contribution in [0.4, 0.5) is 0 Å². The minimum atomic E-state index is 0.660. The monoisotopic (exact) mass is 305 g/mol. The van der Waals surface area contributed by atoms with Gasteiger partial charge in [0.25, 0.3) is 0 Å². The fourth-order valence-electron chi connectivity index (χ4n) is 2.66. The second-order valence-electron chi connectivity index (χ2n) is 5.47. The highest BCUT2D eigenvalue weighted by molar-refractivity contribution is 7.45. The summed E-state index contributed by atoms with van der Waals surface area (Å²) in [6, 6.07) is 28.0. The van der Waals surface area contributed by atoms with Crippen molar-refractivity contribution < 1.29 is 0 Å². The molecule has 0 radical (unpaired) electrons. The topological polar surface area (TPSA) is 3.24 Å². The van der Waals surface area contributed by atoms with E-state index in [1.165, 1.54) is 27.6 Å². The molecule has 1 nitrogen and oxygen atoms in total. The average Bonchev–Trinajstić information content (AvgIpc) is 2.56. The third-order valence-corrected chi connectivity index (χ3v) is 4.66. The Morgan fingerprint density at radius 2 is 1.23 bits per heavy atom. The van der Waals surface area contributed by atoms with Crippen molar-refractivity contribution in [1.29, 1.82) is 0 Å². The van der Waals surface area contributed by atoms with Crippen LogP contribution in [0.2, 0.25) is 0 Å². The van der Waals surface area contributed by atoms with Crippen LogP contribution in [0.15, 0.2) is 78.9 Å². The van der Waals surface area contributed by atoms with Gasteiger partial charge in [-0.1, -0.05) is 78.9 Å². The molecule has 0 spiro atoms. The van der Waals surface area contributed by atoms with Crippen molar-refractivity contribution in [3.05, 3.63) is 78.9 Å². The second-order valence-corrected chi connectivity index (χ2v) is 7.12. The first-order valence-corrected chi connectivity index (χ1v) is 8.38. The predicted octanol–water partition coefficient (Wildman–Crippen LogP) is 4.80. The molecule has 0 saturated heterocycles. The molecule has 0 N–H and O–H groups in total. The van der Waals surface area contributed by atoms with Crippen LogP contribution in [0.25, 0.3) is 22.3 Å². The molecule has 0 bridgehead atoms. The van der Waals surface area contributed by atoms with Gasteiger partial charge in [-0.15, -0.1) is 0 Å². The number of hydrogen-bond acceptors (Lipinski definition) is 1. The van der Waals surface area contributed by atoms with Gasteiger partial charge < -0.3 is 0 Å². The fraction of sp³-hybridized carbons (Fsp3) is 0.100. The number of hydrogen-bond donors (Lipinski definition) is 0. The lowest BCUT2D eigenvalue weighted by atomic mass is 9.94. The van der Waals surface area contributed by atoms with Crippen LogP contribution in [0.3, 0.4) is 0 Å². The lowest BCUT2D eigenvalue weighted by Gasteiger charge is -2.18. The zero-order chi connectivity index (χ0) is 15.4. The van der Waals surface area contributed by atoms with E-state index in [9.17, 15) is 0 Å². The molecule has 3 aromatic rings. The minimum Gasteiger partial charge on any atom is -0.287 e. The molecular formula is C20H20NP. The normalized spacial score (nSPS) is 11.4. The third-order valence-electron chi connectivity index (χ3n) is 3.56. The summed E-state index contributed by atoms with van der Waals surface area (Å²) in [6.07, 6.45) is 0. The van der Waals surface area contributed by atoms with Crippen LogP contribution in [-0.2, 0) is 0 Å². The Bertz CT molecular complexity index is 736. The van der Waals surface area contributed by atoms with E-state index in [0.717, 1.165) is 0 Å². The summed E-state index contributed by atoms with van der Waals surface area (Å²) < 4.78 is 2.25. The van der Waals surface area contributed by atoms with Crippen molar-refractivity contribution in [3.63, 3.8) is 0 Å². The molecule has 22 heavy (non-hydrogen) atoms. The average molecular weight is 305 g/mol. The van der Waals surface area contributed by atoms with E-state index in [-0.39, 0.29) is 0 Å². The molecule has 0 aliphatic heterocycles. The Morgan fingerprint density at radius 1 is 0.636 bits per heavy atom. The minimum absolute atomic E-state index is 0.660. The summed E-state index contributed by atoms with van der Waals surface area (Å²) >= 11 is 0. The van der Waals surface area contributed by atoms with Crippen molar-refractivity contribution in [1.82, 2.24) is 4.67 Å². The summed E-state index contributed by atoms with van der Waals surface area (Å²) in [5.74, 6) is 0. The van der Waals surface area contributed by atoms with Gasteiger partial charge in [-0.05, 0) is 50.4 Å². The zero-order valence-corrected chi connectivity index (χ0v) is 14.0. The Kier molecular flexibility index (Phi) is 4.68. The van der Waals surface area contributed by atoms with E-state index in [4.69, 9.17) is 0 Å². The summed E-state index contributed by atoms with van der Waals surface area (Å²) in [5.41, 5.74) is 5.21. The van der Waals surface area contributed by atoms with Gasteiger partial charge in [0.1, 0.15) is 0 Å². The highest BCUT2D eigenvalue weighted by Gasteiger charge is 2.12. The number of nitrogens with zero attached hydrogens (tertiary/aromatic N) is 1. The maximum absolute atomic E-state index is 2.25. The van der Waals surface area contributed by atoms with Gasteiger partial charge in [-0.25, -0.2) is 0 Å². The maximum atomic E-state index is 2.25. The molecule has 2 heteroatoms. The van der Waals surface area contributed by atoms with Crippen LogP contribution in [0.5, 0.6) is 0 Å². The number of rotatable bonds is 4. The van der Waals surface area contributed by atoms with E-state index in [1.807, 2.05) is 0 Å². The summed E-state index contributed by atoms with van der Waals surface area (Å²) in [4.78, 5) is 0. The van der Waals surface area contributed by atoms with Gasteiger partial charge >= 0.3 is 0 Å². The molecule has 0 fully saturated rings. The van der Waals surface area contributed by atoms with Crippen LogP contribution in [0, 0.1) is 0 Å². The van der Waals surface area contributed by atoms with E-state index in [2.05, 4.69) is 97.6 Å². The van der Waals surface area contributed by atoms with Crippen molar-refractivity contribution >= 4 is 14.0 Å². The van der Waals surface area contributed by atoms with Crippen molar-refractivity contribution in [2.24, 2.45) is 0 Å². The fourth-order valence-corrected chi connectivity index (χ4v) is 3.70. The standard InChI is InChI=1S/C20H20NP/c1-21(2)22-19-15-9-14-18(16-10-5-3-6-11-16)20(19)17-12-7-4-8-13-17/h3-15,22H,1-2H3. The SMILES string of the molecule is CN(C)Pc1cccc(-c2ccccc2)c1-c1ccccc1. The molecule has 3 aromatic carbocycles. The van der Waals surface area contributed by atoms with Crippen LogP contribution in [-0.4, -0.2) is 18.8 Å². The molecule has 0 aromatic heterocycles. The molecule has 0 amide bonds. The summed E-state index contributed by atoms with van der Waals surface area (Å²) in [7, 11) is 4.91. The molecule has 3 rings (SSSR count). The predicted molar refractivity (Wildman–Crippen MR) is 99.0 cm³/mol. The molecule has 0 saturated carbocycles. The van der Waals surface area contributed by atoms with Gasteiger partial charge in [0, 0.05) is 0 Å². The van der Waals surface area contributed by atoms with E-state index < -0.39 is 0 Å². The molecule has 1 atom stereocenters. The smallest absolute Gasteiger partial charge is 0.00181 e. The van der Waals surface area contributed by atoms with Crippen molar-refractivity contribution in [3.8, 4) is 22.3 Å². The highest BCUT2D eigenvalue weighted by Crippen LogP contribution is 2.34. The van der Waals surface area contributed by atoms with E-state index in [1.54, 1.807) is 0 Å². The first-order valence-electron chi connectivity index (χ1n) is 7.43. The van der Waals surface area contributed by atoms with Gasteiger partial charge in [-0.3, -0.25) is 4.67 Å². The quantitative estimate of drug-likeness (QED) is 0.626. The highest BCUT2D eigenvalue weighted by atomic mass is 31.1. The lowest BCUT2D eigenvalue weighted by Crippen LogP contribution is -2.09.